The Morgan fingerprint density at radius 2 is 2.29 bits per heavy atom. The van der Waals surface area contributed by atoms with E-state index >= 15 is 0 Å². The van der Waals surface area contributed by atoms with Crippen LogP contribution in [0.15, 0.2) is 12.1 Å². The second-order valence-electron chi connectivity index (χ2n) is 5.96. The molecule has 0 aliphatic carbocycles. The molecule has 2 rings (SSSR count). The van der Waals surface area contributed by atoms with Crippen LogP contribution in [0.1, 0.15) is 43.2 Å². The molecule has 0 bridgehead atoms. The minimum Gasteiger partial charge on any atom is -0.372 e. The lowest BCUT2D eigenvalue weighted by Crippen LogP contribution is -2.50. The molecule has 0 radical (unpaired) electrons. The van der Waals surface area contributed by atoms with E-state index in [1.807, 2.05) is 24.8 Å². The van der Waals surface area contributed by atoms with Crippen molar-refractivity contribution < 1.29 is 9.53 Å². The Morgan fingerprint density at radius 3 is 2.90 bits per heavy atom. The number of rotatable bonds is 4. The van der Waals surface area contributed by atoms with Crippen molar-refractivity contribution in [1.82, 2.24) is 9.88 Å². The van der Waals surface area contributed by atoms with Gasteiger partial charge < -0.3 is 15.1 Å². The lowest BCUT2D eigenvalue weighted by atomic mass is 10.1. The van der Waals surface area contributed by atoms with Crippen LogP contribution in [-0.2, 0) is 11.2 Å². The van der Waals surface area contributed by atoms with Crippen molar-refractivity contribution in [2.75, 3.05) is 25.1 Å². The molecule has 0 unspecified atom stereocenters. The first-order valence-corrected chi connectivity index (χ1v) is 7.36. The number of hydrogen-bond donors (Lipinski definition) is 2. The molecule has 21 heavy (non-hydrogen) atoms. The number of nitrogen functional groups attached to an aromatic ring is 1. The maximum atomic E-state index is 12.7. The first-order valence-electron chi connectivity index (χ1n) is 7.36. The summed E-state index contributed by atoms with van der Waals surface area (Å²) in [6, 6.07) is 3.55. The summed E-state index contributed by atoms with van der Waals surface area (Å²) in [6.07, 6.45) is 1.80. The zero-order chi connectivity index (χ0) is 15.5. The number of carbonyl (C=O) groups is 1. The average Bonchev–Trinajstić information content (AvgIpc) is 2.45. The van der Waals surface area contributed by atoms with Crippen molar-refractivity contribution in [2.45, 2.75) is 39.2 Å². The molecule has 0 spiro atoms. The molecule has 3 N–H and O–H groups in total. The van der Waals surface area contributed by atoms with Crippen LogP contribution in [0.25, 0.3) is 0 Å². The molecule has 1 saturated heterocycles. The van der Waals surface area contributed by atoms with E-state index in [0.29, 0.717) is 31.1 Å². The van der Waals surface area contributed by atoms with E-state index in [9.17, 15) is 4.79 Å². The van der Waals surface area contributed by atoms with Crippen molar-refractivity contribution in [3.8, 4) is 0 Å². The van der Waals surface area contributed by atoms with Gasteiger partial charge in [-0.1, -0.05) is 13.3 Å². The van der Waals surface area contributed by atoms with Crippen molar-refractivity contribution in [3.63, 3.8) is 0 Å². The predicted molar refractivity (Wildman–Crippen MR) is 82.0 cm³/mol. The standard InChI is InChI=1S/C15H24N4O2/c1-4-5-12-8-11(9-13(17-12)18-16)14(20)19-6-7-21-15(2,3)10-19/h8-9H,4-7,10,16H2,1-3H3,(H,17,18). The van der Waals surface area contributed by atoms with Crippen molar-refractivity contribution in [2.24, 2.45) is 5.84 Å². The Bertz CT molecular complexity index is 516. The van der Waals surface area contributed by atoms with Gasteiger partial charge in [-0.25, -0.2) is 10.8 Å². The van der Waals surface area contributed by atoms with E-state index < -0.39 is 0 Å². The van der Waals surface area contributed by atoms with Crippen LogP contribution in [0.5, 0.6) is 0 Å². The van der Waals surface area contributed by atoms with Gasteiger partial charge in [0.2, 0.25) is 0 Å². The van der Waals surface area contributed by atoms with Crippen molar-refractivity contribution >= 4 is 11.7 Å². The highest BCUT2D eigenvalue weighted by molar-refractivity contribution is 5.95. The van der Waals surface area contributed by atoms with E-state index in [1.54, 1.807) is 6.07 Å². The number of hydrazine groups is 1. The SMILES string of the molecule is CCCc1cc(C(=O)N2CCOC(C)(C)C2)cc(NN)n1. The van der Waals surface area contributed by atoms with Crippen LogP contribution in [-0.4, -0.2) is 41.1 Å². The number of hydrogen-bond acceptors (Lipinski definition) is 5. The molecule has 1 aromatic rings. The minimum atomic E-state index is -0.303. The van der Waals surface area contributed by atoms with Gasteiger partial charge in [-0.15, -0.1) is 0 Å². The zero-order valence-electron chi connectivity index (χ0n) is 13.0. The van der Waals surface area contributed by atoms with Gasteiger partial charge in [0.05, 0.1) is 12.2 Å². The summed E-state index contributed by atoms with van der Waals surface area (Å²) in [6.45, 7) is 7.83. The maximum Gasteiger partial charge on any atom is 0.254 e. The van der Waals surface area contributed by atoms with Gasteiger partial charge in [0.25, 0.3) is 5.91 Å². The summed E-state index contributed by atoms with van der Waals surface area (Å²) >= 11 is 0. The van der Waals surface area contributed by atoms with Gasteiger partial charge in [0.1, 0.15) is 5.82 Å². The van der Waals surface area contributed by atoms with Gasteiger partial charge in [0.15, 0.2) is 0 Å². The number of ether oxygens (including phenoxy) is 1. The maximum absolute atomic E-state index is 12.7. The smallest absolute Gasteiger partial charge is 0.254 e. The number of anilines is 1. The molecule has 1 aromatic heterocycles. The second kappa shape index (κ2) is 6.41. The van der Waals surface area contributed by atoms with Crippen LogP contribution < -0.4 is 11.3 Å². The van der Waals surface area contributed by atoms with Gasteiger partial charge >= 0.3 is 0 Å². The number of nitrogens with zero attached hydrogens (tertiary/aromatic N) is 2. The lowest BCUT2D eigenvalue weighted by molar-refractivity contribution is -0.0764. The largest absolute Gasteiger partial charge is 0.372 e. The number of nitrogens with two attached hydrogens (primary N) is 1. The predicted octanol–water partition coefficient (Wildman–Crippen LogP) is 1.57. The van der Waals surface area contributed by atoms with Crippen LogP contribution in [0.4, 0.5) is 5.82 Å². The fraction of sp³-hybridized carbons (Fsp3) is 0.600. The second-order valence-corrected chi connectivity index (χ2v) is 5.96. The quantitative estimate of drug-likeness (QED) is 0.650. The highest BCUT2D eigenvalue weighted by atomic mass is 16.5. The molecular weight excluding hydrogens is 268 g/mol. The topological polar surface area (TPSA) is 80.5 Å². The Morgan fingerprint density at radius 1 is 1.52 bits per heavy atom. The number of pyridine rings is 1. The number of morpholine rings is 1. The number of aromatic nitrogens is 1. The van der Waals surface area contributed by atoms with Crippen molar-refractivity contribution in [3.05, 3.63) is 23.4 Å². The summed E-state index contributed by atoms with van der Waals surface area (Å²) in [4.78, 5) is 18.9. The third kappa shape index (κ3) is 3.92. The van der Waals surface area contributed by atoms with Gasteiger partial charge in [-0.3, -0.25) is 4.79 Å². The Kier molecular flexibility index (Phi) is 4.80. The first kappa shape index (κ1) is 15.7. The fourth-order valence-electron chi connectivity index (χ4n) is 2.54. The molecule has 116 valence electrons. The van der Waals surface area contributed by atoms with Crippen LogP contribution >= 0.6 is 0 Å². The Hall–Kier alpha value is -1.66. The van der Waals surface area contributed by atoms with Crippen LogP contribution in [0, 0.1) is 0 Å². The van der Waals surface area contributed by atoms with E-state index in [-0.39, 0.29) is 11.5 Å². The summed E-state index contributed by atoms with van der Waals surface area (Å²) in [5.74, 6) is 5.98. The molecule has 6 nitrogen and oxygen atoms in total. The Balaban J connectivity index is 2.23. The summed E-state index contributed by atoms with van der Waals surface area (Å²) in [7, 11) is 0. The Labute approximate surface area is 125 Å². The molecule has 2 heterocycles. The molecular formula is C15H24N4O2. The van der Waals surface area contributed by atoms with E-state index in [0.717, 1.165) is 18.5 Å². The number of aryl methyl sites for hydroxylation is 1. The molecule has 1 aliphatic heterocycles. The zero-order valence-corrected chi connectivity index (χ0v) is 13.0. The minimum absolute atomic E-state index is 0.00243. The third-order valence-corrected chi connectivity index (χ3v) is 3.49. The molecule has 0 aromatic carbocycles. The van der Waals surface area contributed by atoms with E-state index in [1.165, 1.54) is 0 Å². The molecule has 1 amide bonds. The number of amides is 1. The normalized spacial score (nSPS) is 17.6. The summed E-state index contributed by atoms with van der Waals surface area (Å²) in [5, 5.41) is 0. The van der Waals surface area contributed by atoms with Crippen molar-refractivity contribution in [1.29, 1.82) is 0 Å². The average molecular weight is 292 g/mol. The van der Waals surface area contributed by atoms with Crippen LogP contribution in [0.3, 0.4) is 0 Å². The van der Waals surface area contributed by atoms with Crippen LogP contribution in [0.2, 0.25) is 0 Å². The summed E-state index contributed by atoms with van der Waals surface area (Å²) in [5.41, 5.74) is 3.73. The van der Waals surface area contributed by atoms with Gasteiger partial charge in [0, 0.05) is 24.3 Å². The molecule has 6 heteroatoms. The van der Waals surface area contributed by atoms with Gasteiger partial charge in [-0.05, 0) is 32.4 Å². The first-order chi connectivity index (χ1) is 9.95. The lowest BCUT2D eigenvalue weighted by Gasteiger charge is -2.38. The van der Waals surface area contributed by atoms with E-state index in [4.69, 9.17) is 10.6 Å². The fourth-order valence-corrected chi connectivity index (χ4v) is 2.54. The molecule has 0 saturated carbocycles. The summed E-state index contributed by atoms with van der Waals surface area (Å²) < 4.78 is 5.65. The highest BCUT2D eigenvalue weighted by Crippen LogP contribution is 2.20. The molecule has 1 aliphatic rings. The monoisotopic (exact) mass is 292 g/mol. The molecule has 0 atom stereocenters. The number of carbonyl (C=O) groups excluding carboxylic acids is 1. The molecule has 1 fully saturated rings. The third-order valence-electron chi connectivity index (χ3n) is 3.49. The number of nitrogens with one attached hydrogen (secondary N) is 1. The highest BCUT2D eigenvalue weighted by Gasteiger charge is 2.30. The van der Waals surface area contributed by atoms with Gasteiger partial charge in [-0.2, -0.15) is 0 Å². The van der Waals surface area contributed by atoms with E-state index in [2.05, 4.69) is 17.3 Å².